The molecule has 1 N–H and O–H groups in total. The first kappa shape index (κ1) is 14.2. The van der Waals surface area contributed by atoms with Gasteiger partial charge in [0.2, 0.25) is 5.91 Å². The molecule has 2 aromatic rings. The summed E-state index contributed by atoms with van der Waals surface area (Å²) in [6.07, 6.45) is 5.81. The Morgan fingerprint density at radius 2 is 2.25 bits per heavy atom. The smallest absolute Gasteiger partial charge is 0.222 e. The van der Waals surface area contributed by atoms with Gasteiger partial charge < -0.3 is 5.32 Å². The topological polar surface area (TPSA) is 59.8 Å². The number of hydrogen-bond acceptors (Lipinski definition) is 3. The molecule has 0 aromatic carbocycles. The monoisotopic (exact) mass is 272 g/mol. The van der Waals surface area contributed by atoms with Gasteiger partial charge in [-0.2, -0.15) is 5.10 Å². The van der Waals surface area contributed by atoms with Crippen LogP contribution in [0.15, 0.2) is 30.7 Å². The number of hydrogen-bond donors (Lipinski definition) is 1. The van der Waals surface area contributed by atoms with Crippen LogP contribution in [0.1, 0.15) is 36.2 Å². The van der Waals surface area contributed by atoms with Crippen LogP contribution in [0.3, 0.4) is 0 Å². The number of carbonyl (C=O) groups excluding carboxylic acids is 1. The Kier molecular flexibility index (Phi) is 4.50. The molecule has 5 nitrogen and oxygen atoms in total. The molecule has 0 aliphatic heterocycles. The zero-order valence-electron chi connectivity index (χ0n) is 12.1. The van der Waals surface area contributed by atoms with Gasteiger partial charge in [-0.3, -0.25) is 14.5 Å². The van der Waals surface area contributed by atoms with E-state index in [0.717, 1.165) is 16.8 Å². The summed E-state index contributed by atoms with van der Waals surface area (Å²) in [5.74, 6) is 0.0197. The molecule has 2 aromatic heterocycles. The van der Waals surface area contributed by atoms with Crippen LogP contribution in [-0.2, 0) is 11.3 Å². The summed E-state index contributed by atoms with van der Waals surface area (Å²) in [6, 6.07) is 3.97. The van der Waals surface area contributed by atoms with E-state index >= 15 is 0 Å². The third kappa shape index (κ3) is 3.66. The quantitative estimate of drug-likeness (QED) is 0.907. The average molecular weight is 272 g/mol. The van der Waals surface area contributed by atoms with E-state index in [-0.39, 0.29) is 11.9 Å². The maximum Gasteiger partial charge on any atom is 0.222 e. The van der Waals surface area contributed by atoms with Crippen LogP contribution in [0.2, 0.25) is 0 Å². The predicted molar refractivity (Wildman–Crippen MR) is 77.1 cm³/mol. The van der Waals surface area contributed by atoms with E-state index in [0.29, 0.717) is 13.0 Å². The number of rotatable bonds is 5. The van der Waals surface area contributed by atoms with E-state index in [1.165, 1.54) is 0 Å². The van der Waals surface area contributed by atoms with Gasteiger partial charge in [0, 0.05) is 37.3 Å². The summed E-state index contributed by atoms with van der Waals surface area (Å²) < 4.78 is 1.79. The molecule has 106 valence electrons. The Balaban J connectivity index is 1.84. The molecule has 0 aliphatic carbocycles. The lowest BCUT2D eigenvalue weighted by Gasteiger charge is -2.12. The molecule has 0 bridgehead atoms. The number of amides is 1. The Labute approximate surface area is 119 Å². The highest BCUT2D eigenvalue weighted by Crippen LogP contribution is 2.09. The zero-order chi connectivity index (χ0) is 14.5. The maximum absolute atomic E-state index is 11.9. The minimum atomic E-state index is 0.0197. The molecule has 0 aliphatic rings. The number of nitrogens with one attached hydrogen (secondary N) is 1. The van der Waals surface area contributed by atoms with Crippen LogP contribution in [0, 0.1) is 13.8 Å². The fraction of sp³-hybridized carbons (Fsp3) is 0.400. The van der Waals surface area contributed by atoms with Crippen LogP contribution in [0.25, 0.3) is 0 Å². The highest BCUT2D eigenvalue weighted by Gasteiger charge is 2.10. The van der Waals surface area contributed by atoms with Crippen molar-refractivity contribution in [2.45, 2.75) is 39.8 Å². The zero-order valence-corrected chi connectivity index (χ0v) is 12.1. The van der Waals surface area contributed by atoms with E-state index in [4.69, 9.17) is 0 Å². The molecule has 0 fully saturated rings. The largest absolute Gasteiger partial charge is 0.352 e. The molecule has 2 heterocycles. The Morgan fingerprint density at radius 1 is 1.45 bits per heavy atom. The standard InChI is InChI=1S/C15H20N4O/c1-11-7-14(9-16-13(11)3)10-17-15(20)8-12(2)19-6-4-5-18-19/h4-7,9,12H,8,10H2,1-3H3,(H,17,20). The van der Waals surface area contributed by atoms with Gasteiger partial charge >= 0.3 is 0 Å². The minimum absolute atomic E-state index is 0.0197. The van der Waals surface area contributed by atoms with E-state index in [2.05, 4.69) is 21.5 Å². The summed E-state index contributed by atoms with van der Waals surface area (Å²) in [6.45, 7) is 6.49. The van der Waals surface area contributed by atoms with E-state index in [1.54, 1.807) is 17.1 Å². The second-order valence-electron chi connectivity index (χ2n) is 5.06. The molecule has 20 heavy (non-hydrogen) atoms. The van der Waals surface area contributed by atoms with Crippen molar-refractivity contribution < 1.29 is 4.79 Å². The van der Waals surface area contributed by atoms with Gasteiger partial charge in [-0.1, -0.05) is 6.07 Å². The van der Waals surface area contributed by atoms with Gasteiger partial charge in [-0.25, -0.2) is 0 Å². The molecule has 5 heteroatoms. The third-order valence-corrected chi connectivity index (χ3v) is 3.34. The minimum Gasteiger partial charge on any atom is -0.352 e. The first-order chi connectivity index (χ1) is 9.56. The van der Waals surface area contributed by atoms with Crippen LogP contribution in [-0.4, -0.2) is 20.7 Å². The molecule has 0 radical (unpaired) electrons. The van der Waals surface area contributed by atoms with Gasteiger partial charge in [0.25, 0.3) is 0 Å². The second-order valence-corrected chi connectivity index (χ2v) is 5.06. The highest BCUT2D eigenvalue weighted by molar-refractivity contribution is 5.76. The number of aryl methyl sites for hydroxylation is 2. The highest BCUT2D eigenvalue weighted by atomic mass is 16.1. The molecular weight excluding hydrogens is 252 g/mol. The first-order valence-electron chi connectivity index (χ1n) is 6.74. The molecule has 0 spiro atoms. The summed E-state index contributed by atoms with van der Waals surface area (Å²) in [5.41, 5.74) is 3.18. The maximum atomic E-state index is 11.9. The Morgan fingerprint density at radius 3 is 2.90 bits per heavy atom. The second kappa shape index (κ2) is 6.32. The van der Waals surface area contributed by atoms with Gasteiger partial charge in [0.15, 0.2) is 0 Å². The number of carbonyl (C=O) groups is 1. The van der Waals surface area contributed by atoms with Crippen LogP contribution < -0.4 is 5.32 Å². The Bertz CT molecular complexity index is 578. The van der Waals surface area contributed by atoms with Crippen molar-refractivity contribution in [1.29, 1.82) is 0 Å². The Hall–Kier alpha value is -2.17. The lowest BCUT2D eigenvalue weighted by Crippen LogP contribution is -2.25. The van der Waals surface area contributed by atoms with E-state index in [9.17, 15) is 4.79 Å². The fourth-order valence-corrected chi connectivity index (χ4v) is 1.97. The molecular formula is C15H20N4O. The van der Waals surface area contributed by atoms with E-state index < -0.39 is 0 Å². The molecule has 2 rings (SSSR count). The third-order valence-electron chi connectivity index (χ3n) is 3.34. The van der Waals surface area contributed by atoms with Crippen LogP contribution >= 0.6 is 0 Å². The van der Waals surface area contributed by atoms with Crippen molar-refractivity contribution in [2.24, 2.45) is 0 Å². The predicted octanol–water partition coefficient (Wildman–Crippen LogP) is 2.16. The number of nitrogens with zero attached hydrogens (tertiary/aromatic N) is 3. The first-order valence-corrected chi connectivity index (χ1v) is 6.74. The lowest BCUT2D eigenvalue weighted by molar-refractivity contribution is -0.122. The summed E-state index contributed by atoms with van der Waals surface area (Å²) >= 11 is 0. The van der Waals surface area contributed by atoms with Gasteiger partial charge in [-0.05, 0) is 38.0 Å². The van der Waals surface area contributed by atoms with Crippen molar-refractivity contribution in [3.05, 3.63) is 47.5 Å². The summed E-state index contributed by atoms with van der Waals surface area (Å²) in [7, 11) is 0. The van der Waals surface area contributed by atoms with Crippen LogP contribution in [0.4, 0.5) is 0 Å². The van der Waals surface area contributed by atoms with Gasteiger partial charge in [-0.15, -0.1) is 0 Å². The SMILES string of the molecule is Cc1cc(CNC(=O)CC(C)n2cccn2)cnc1C. The number of pyridine rings is 1. The van der Waals surface area contributed by atoms with E-state index in [1.807, 2.05) is 33.0 Å². The molecule has 1 atom stereocenters. The van der Waals surface area contributed by atoms with Crippen molar-refractivity contribution >= 4 is 5.91 Å². The molecule has 0 saturated heterocycles. The normalized spacial score (nSPS) is 12.2. The van der Waals surface area contributed by atoms with Gasteiger partial charge in [0.1, 0.15) is 0 Å². The van der Waals surface area contributed by atoms with Crippen molar-refractivity contribution in [1.82, 2.24) is 20.1 Å². The number of aromatic nitrogens is 3. The van der Waals surface area contributed by atoms with Crippen molar-refractivity contribution in [2.75, 3.05) is 0 Å². The molecule has 0 saturated carbocycles. The molecule has 1 unspecified atom stereocenters. The van der Waals surface area contributed by atoms with Gasteiger partial charge in [0.05, 0.1) is 6.04 Å². The lowest BCUT2D eigenvalue weighted by atomic mass is 10.1. The van der Waals surface area contributed by atoms with Crippen molar-refractivity contribution in [3.63, 3.8) is 0 Å². The summed E-state index contributed by atoms with van der Waals surface area (Å²) in [5, 5.41) is 7.05. The average Bonchev–Trinajstić information content (AvgIpc) is 2.94. The van der Waals surface area contributed by atoms with Crippen molar-refractivity contribution in [3.8, 4) is 0 Å². The van der Waals surface area contributed by atoms with Crippen LogP contribution in [0.5, 0.6) is 0 Å². The molecule has 1 amide bonds. The summed E-state index contributed by atoms with van der Waals surface area (Å²) in [4.78, 5) is 16.2. The fourth-order valence-electron chi connectivity index (χ4n) is 1.97.